The van der Waals surface area contributed by atoms with E-state index in [-0.39, 0.29) is 12.5 Å². The monoisotopic (exact) mass is 432 g/mol. The Kier molecular flexibility index (Phi) is 5.85. The minimum atomic E-state index is -0.663. The maximum Gasteiger partial charge on any atom is 0.506 e. The molecule has 4 amide bonds. The van der Waals surface area contributed by atoms with Crippen LogP contribution < -0.4 is 19.7 Å². The highest BCUT2D eigenvalue weighted by Crippen LogP contribution is 2.27. The molecule has 8 heteroatoms. The molecule has 162 valence electrons. The van der Waals surface area contributed by atoms with Crippen molar-refractivity contribution in [3.8, 4) is 11.5 Å². The second kappa shape index (κ2) is 8.89. The molecule has 0 aromatic heterocycles. The number of hydrogen-bond donors (Lipinski definition) is 1. The van der Waals surface area contributed by atoms with Crippen LogP contribution in [0.1, 0.15) is 0 Å². The Morgan fingerprint density at radius 3 is 2.50 bits per heavy atom. The number of nitrogens with one attached hydrogen (secondary N) is 1. The van der Waals surface area contributed by atoms with E-state index in [2.05, 4.69) is 5.32 Å². The number of hydrogen-bond acceptors (Lipinski definition) is 5. The zero-order valence-electron chi connectivity index (χ0n) is 17.6. The van der Waals surface area contributed by atoms with Gasteiger partial charge in [0.1, 0.15) is 28.8 Å². The van der Waals surface area contributed by atoms with Crippen LogP contribution in [-0.2, 0) is 9.59 Å². The zero-order valence-corrected chi connectivity index (χ0v) is 17.6. The van der Waals surface area contributed by atoms with E-state index in [1.54, 1.807) is 72.8 Å². The molecule has 0 radical (unpaired) electrons. The van der Waals surface area contributed by atoms with Crippen LogP contribution in [0.25, 0.3) is 0 Å². The molecule has 0 bridgehead atoms. The van der Waals surface area contributed by atoms with Gasteiger partial charge >= 0.3 is 11.9 Å². The summed E-state index contributed by atoms with van der Waals surface area (Å²) in [4.78, 5) is 40.4. The van der Waals surface area contributed by atoms with Gasteiger partial charge in [0.05, 0.1) is 14.2 Å². The third-order valence-corrected chi connectivity index (χ3v) is 5.21. The first-order chi connectivity index (χ1) is 15.5. The highest BCUT2D eigenvalue weighted by molar-refractivity contribution is 6.26. The van der Waals surface area contributed by atoms with Crippen LogP contribution in [0, 0.1) is 5.92 Å². The summed E-state index contributed by atoms with van der Waals surface area (Å²) in [5.41, 5.74) is 1.41. The number of carbonyl (C=O) groups is 3. The van der Waals surface area contributed by atoms with Gasteiger partial charge in [-0.2, -0.15) is 9.37 Å². The van der Waals surface area contributed by atoms with Crippen molar-refractivity contribution in [2.24, 2.45) is 5.92 Å². The first kappa shape index (κ1) is 21.0. The SMILES string of the molecule is COc1ccc(N2C(=O)C3C=CC=CC3=[N+](CC(=O)Nc3cccc(OC)c3)C2=O)cc1. The van der Waals surface area contributed by atoms with E-state index >= 15 is 0 Å². The van der Waals surface area contributed by atoms with E-state index in [1.807, 2.05) is 0 Å². The smallest absolute Gasteiger partial charge is 0.497 e. The molecular weight excluding hydrogens is 410 g/mol. The molecule has 1 N–H and O–H groups in total. The van der Waals surface area contributed by atoms with Crippen molar-refractivity contribution in [2.45, 2.75) is 0 Å². The number of rotatable bonds is 6. The average molecular weight is 432 g/mol. The Hall–Kier alpha value is -4.20. The van der Waals surface area contributed by atoms with Gasteiger partial charge in [0.2, 0.25) is 0 Å². The van der Waals surface area contributed by atoms with Crippen LogP contribution in [0.3, 0.4) is 0 Å². The predicted molar refractivity (Wildman–Crippen MR) is 119 cm³/mol. The van der Waals surface area contributed by atoms with Crippen molar-refractivity contribution in [1.82, 2.24) is 0 Å². The first-order valence-electron chi connectivity index (χ1n) is 9.97. The van der Waals surface area contributed by atoms with E-state index in [1.165, 1.54) is 18.8 Å². The van der Waals surface area contributed by atoms with Crippen LogP contribution >= 0.6 is 0 Å². The molecule has 8 nitrogen and oxygen atoms in total. The third-order valence-electron chi connectivity index (χ3n) is 5.21. The molecule has 0 spiro atoms. The first-order valence-corrected chi connectivity index (χ1v) is 9.97. The maximum atomic E-state index is 13.4. The predicted octanol–water partition coefficient (Wildman–Crippen LogP) is 3.00. The molecule has 1 unspecified atom stereocenters. The molecule has 2 aromatic rings. The van der Waals surface area contributed by atoms with Gasteiger partial charge in [0.15, 0.2) is 6.54 Å². The number of imide groups is 1. The molecule has 0 saturated carbocycles. The van der Waals surface area contributed by atoms with Crippen LogP contribution in [-0.4, -0.2) is 48.9 Å². The van der Waals surface area contributed by atoms with Crippen LogP contribution in [0.2, 0.25) is 0 Å². The summed E-state index contributed by atoms with van der Waals surface area (Å²) in [6.07, 6.45) is 6.89. The van der Waals surface area contributed by atoms with E-state index < -0.39 is 17.9 Å². The number of amides is 4. The molecule has 1 atom stereocenters. The number of benzene rings is 2. The largest absolute Gasteiger partial charge is 0.506 e. The van der Waals surface area contributed by atoms with Crippen LogP contribution in [0.15, 0.2) is 72.8 Å². The van der Waals surface area contributed by atoms with Gasteiger partial charge in [-0.3, -0.25) is 4.79 Å². The molecule has 1 aliphatic carbocycles. The highest BCUT2D eigenvalue weighted by atomic mass is 16.5. The minimum Gasteiger partial charge on any atom is -0.497 e. The fourth-order valence-corrected chi connectivity index (χ4v) is 3.64. The highest BCUT2D eigenvalue weighted by Gasteiger charge is 2.48. The van der Waals surface area contributed by atoms with E-state index in [4.69, 9.17) is 9.47 Å². The van der Waals surface area contributed by atoms with E-state index in [9.17, 15) is 14.4 Å². The fraction of sp³-hybridized carbons (Fsp3) is 0.167. The van der Waals surface area contributed by atoms with Crippen molar-refractivity contribution in [3.05, 3.63) is 72.8 Å². The van der Waals surface area contributed by atoms with Crippen LogP contribution in [0.5, 0.6) is 11.5 Å². The molecule has 2 aromatic carbocycles. The van der Waals surface area contributed by atoms with Crippen molar-refractivity contribution < 1.29 is 28.4 Å². The zero-order chi connectivity index (χ0) is 22.7. The molecule has 2 aliphatic rings. The van der Waals surface area contributed by atoms with Gasteiger partial charge in [-0.15, -0.1) is 4.90 Å². The molecule has 0 fully saturated rings. The molecule has 4 rings (SSSR count). The Bertz CT molecular complexity index is 1160. The van der Waals surface area contributed by atoms with Gasteiger partial charge in [0.25, 0.3) is 5.91 Å². The van der Waals surface area contributed by atoms with E-state index in [0.717, 1.165) is 4.90 Å². The third kappa shape index (κ3) is 4.02. The second-order valence-corrected chi connectivity index (χ2v) is 7.17. The van der Waals surface area contributed by atoms with Crippen molar-refractivity contribution in [1.29, 1.82) is 0 Å². The summed E-state index contributed by atoms with van der Waals surface area (Å²) < 4.78 is 11.7. The molecular formula is C24H22N3O5+. The summed E-state index contributed by atoms with van der Waals surface area (Å²) in [7, 11) is 3.08. The van der Waals surface area contributed by atoms with Gasteiger partial charge < -0.3 is 14.8 Å². The van der Waals surface area contributed by atoms with Gasteiger partial charge in [-0.05, 0) is 42.5 Å². The summed E-state index contributed by atoms with van der Waals surface area (Å²) in [5, 5.41) is 2.77. The minimum absolute atomic E-state index is 0.250. The lowest BCUT2D eigenvalue weighted by atomic mass is 9.94. The Morgan fingerprint density at radius 2 is 1.78 bits per heavy atom. The Balaban J connectivity index is 1.64. The summed E-state index contributed by atoms with van der Waals surface area (Å²) in [6.45, 7) is -0.250. The molecule has 1 heterocycles. The Morgan fingerprint density at radius 1 is 1.03 bits per heavy atom. The molecule has 32 heavy (non-hydrogen) atoms. The van der Waals surface area contributed by atoms with E-state index in [0.29, 0.717) is 28.6 Å². The summed E-state index contributed by atoms with van der Waals surface area (Å²) in [5.74, 6) is -0.231. The van der Waals surface area contributed by atoms with Crippen molar-refractivity contribution >= 4 is 34.9 Å². The lowest BCUT2D eigenvalue weighted by Crippen LogP contribution is -2.55. The quantitative estimate of drug-likeness (QED) is 0.709. The normalized spacial score (nSPS) is 17.3. The number of allylic oxidation sites excluding steroid dienone is 3. The number of nitrogens with zero attached hydrogens (tertiary/aromatic N) is 2. The lowest BCUT2D eigenvalue weighted by Gasteiger charge is -2.26. The average Bonchev–Trinajstić information content (AvgIpc) is 2.82. The number of methoxy groups -OCH3 is 2. The standard InChI is InChI=1S/C24H21N3O5/c1-31-18-12-10-17(11-13-18)27-23(29)20-8-3-4-9-21(20)26(24(27)30)15-22(28)25-16-6-5-7-19(14-16)32-2/h3-14,20H,15H2,1-2H3/p+1. The second-order valence-electron chi connectivity index (χ2n) is 7.17. The fourth-order valence-electron chi connectivity index (χ4n) is 3.64. The van der Waals surface area contributed by atoms with Crippen molar-refractivity contribution in [3.63, 3.8) is 0 Å². The number of ether oxygens (including phenoxy) is 2. The maximum absolute atomic E-state index is 13.4. The number of anilines is 2. The van der Waals surface area contributed by atoms with Gasteiger partial charge in [-0.25, -0.2) is 4.79 Å². The Labute approximate surface area is 185 Å². The van der Waals surface area contributed by atoms with Crippen molar-refractivity contribution in [2.75, 3.05) is 31.0 Å². The van der Waals surface area contributed by atoms with Gasteiger partial charge in [-0.1, -0.05) is 24.3 Å². The lowest BCUT2D eigenvalue weighted by molar-refractivity contribution is -0.416. The van der Waals surface area contributed by atoms with Crippen LogP contribution in [0.4, 0.5) is 16.2 Å². The summed E-state index contributed by atoms with van der Waals surface area (Å²) in [6, 6.07) is 13.0. The topological polar surface area (TPSA) is 87.9 Å². The van der Waals surface area contributed by atoms with Gasteiger partial charge in [0, 0.05) is 11.8 Å². The number of fused-ring (bicyclic) bond motifs is 1. The molecule has 1 aliphatic heterocycles. The number of carbonyl (C=O) groups excluding carboxylic acids is 3. The summed E-state index contributed by atoms with van der Waals surface area (Å²) >= 11 is 0. The number of urea groups is 1. The molecule has 0 saturated heterocycles.